The van der Waals surface area contributed by atoms with Crippen molar-refractivity contribution in [1.29, 1.82) is 0 Å². The summed E-state index contributed by atoms with van der Waals surface area (Å²) in [5.74, 6) is 1.62. The minimum atomic E-state index is 0.00767. The molecule has 0 amide bonds. The average molecular weight is 294 g/mol. The highest BCUT2D eigenvalue weighted by Gasteiger charge is 2.43. The first kappa shape index (κ1) is 15.8. The molecule has 0 bridgehead atoms. The van der Waals surface area contributed by atoms with E-state index in [4.69, 9.17) is 0 Å². The molecule has 3 fully saturated rings. The second-order valence-corrected chi connectivity index (χ2v) is 8.36. The molecule has 5 unspecified atom stereocenters. The highest BCUT2D eigenvalue weighted by molar-refractivity contribution is 5.02. The van der Waals surface area contributed by atoms with Crippen LogP contribution in [0.1, 0.15) is 65.7 Å². The van der Waals surface area contributed by atoms with Gasteiger partial charge in [-0.15, -0.1) is 0 Å². The molecule has 122 valence electrons. The van der Waals surface area contributed by atoms with E-state index in [-0.39, 0.29) is 5.54 Å². The second kappa shape index (κ2) is 6.17. The zero-order valence-corrected chi connectivity index (χ0v) is 14.1. The Morgan fingerprint density at radius 1 is 1.19 bits per heavy atom. The predicted molar refractivity (Wildman–Crippen MR) is 87.3 cm³/mol. The maximum atomic E-state index is 10.0. The Hall–Kier alpha value is -0.120. The van der Waals surface area contributed by atoms with Crippen LogP contribution in [0.4, 0.5) is 0 Å². The number of likely N-dealkylation sites (tertiary alicyclic amines) is 1. The Balaban J connectivity index is 1.69. The van der Waals surface area contributed by atoms with E-state index in [1.54, 1.807) is 0 Å². The van der Waals surface area contributed by atoms with Crippen LogP contribution in [0.15, 0.2) is 0 Å². The van der Waals surface area contributed by atoms with Crippen LogP contribution >= 0.6 is 0 Å². The molecule has 2 saturated carbocycles. The van der Waals surface area contributed by atoms with Gasteiger partial charge < -0.3 is 10.4 Å². The highest BCUT2D eigenvalue weighted by Crippen LogP contribution is 2.38. The zero-order valence-electron chi connectivity index (χ0n) is 14.1. The topological polar surface area (TPSA) is 35.5 Å². The first-order chi connectivity index (χ1) is 10.0. The standard InChI is InChI=1S/C18H34N2O/c1-13-9-14(2)15(3)20(11-13)17-5-4-8-18(10-17,12-21)19-16-6-7-16/h13-17,19,21H,4-12H2,1-3H3. The molecule has 2 aliphatic carbocycles. The molecule has 3 nitrogen and oxygen atoms in total. The van der Waals surface area contributed by atoms with E-state index < -0.39 is 0 Å². The Morgan fingerprint density at radius 2 is 1.95 bits per heavy atom. The number of nitrogens with zero attached hydrogens (tertiary/aromatic N) is 1. The molecule has 1 aliphatic heterocycles. The molecule has 21 heavy (non-hydrogen) atoms. The minimum absolute atomic E-state index is 0.00767. The van der Waals surface area contributed by atoms with Crippen molar-refractivity contribution in [2.24, 2.45) is 11.8 Å². The Morgan fingerprint density at radius 3 is 2.62 bits per heavy atom. The largest absolute Gasteiger partial charge is 0.394 e. The number of nitrogens with one attached hydrogen (secondary N) is 1. The number of hydrogen-bond donors (Lipinski definition) is 2. The average Bonchev–Trinajstić information content (AvgIpc) is 3.27. The molecule has 0 radical (unpaired) electrons. The van der Waals surface area contributed by atoms with E-state index in [0.29, 0.717) is 24.7 Å². The molecular weight excluding hydrogens is 260 g/mol. The zero-order chi connectivity index (χ0) is 15.0. The Bertz CT molecular complexity index is 357. The molecule has 0 aromatic heterocycles. The van der Waals surface area contributed by atoms with Crippen molar-refractivity contribution in [3.63, 3.8) is 0 Å². The smallest absolute Gasteiger partial charge is 0.0613 e. The summed E-state index contributed by atoms with van der Waals surface area (Å²) in [6.07, 6.45) is 8.86. The third kappa shape index (κ3) is 3.46. The molecule has 3 heteroatoms. The van der Waals surface area contributed by atoms with Crippen LogP contribution in [0.3, 0.4) is 0 Å². The van der Waals surface area contributed by atoms with Gasteiger partial charge in [0, 0.05) is 30.2 Å². The minimum Gasteiger partial charge on any atom is -0.394 e. The lowest BCUT2D eigenvalue weighted by molar-refractivity contribution is -0.00499. The molecule has 3 rings (SSSR count). The van der Waals surface area contributed by atoms with Crippen molar-refractivity contribution >= 4 is 0 Å². The summed E-state index contributed by atoms with van der Waals surface area (Å²) in [5.41, 5.74) is 0.00767. The van der Waals surface area contributed by atoms with Gasteiger partial charge in [-0.2, -0.15) is 0 Å². The third-order valence-electron chi connectivity index (χ3n) is 6.32. The van der Waals surface area contributed by atoms with Gasteiger partial charge in [0.25, 0.3) is 0 Å². The number of aliphatic hydroxyl groups is 1. The first-order valence-electron chi connectivity index (χ1n) is 9.17. The van der Waals surface area contributed by atoms with Crippen molar-refractivity contribution < 1.29 is 5.11 Å². The van der Waals surface area contributed by atoms with E-state index in [9.17, 15) is 5.11 Å². The summed E-state index contributed by atoms with van der Waals surface area (Å²) < 4.78 is 0. The van der Waals surface area contributed by atoms with Crippen LogP contribution < -0.4 is 5.32 Å². The van der Waals surface area contributed by atoms with E-state index >= 15 is 0 Å². The second-order valence-electron chi connectivity index (χ2n) is 8.36. The van der Waals surface area contributed by atoms with Crippen LogP contribution in [-0.4, -0.2) is 46.8 Å². The number of aliphatic hydroxyl groups excluding tert-OH is 1. The fourth-order valence-corrected chi connectivity index (χ4v) is 4.84. The van der Waals surface area contributed by atoms with Gasteiger partial charge in [-0.25, -0.2) is 0 Å². The van der Waals surface area contributed by atoms with Gasteiger partial charge in [0.15, 0.2) is 0 Å². The molecule has 3 aliphatic rings. The van der Waals surface area contributed by atoms with Crippen LogP contribution in [-0.2, 0) is 0 Å². The van der Waals surface area contributed by atoms with Gasteiger partial charge in [-0.1, -0.05) is 13.8 Å². The van der Waals surface area contributed by atoms with Gasteiger partial charge in [0.05, 0.1) is 6.61 Å². The summed E-state index contributed by atoms with van der Waals surface area (Å²) in [6.45, 7) is 8.80. The molecule has 5 atom stereocenters. The monoisotopic (exact) mass is 294 g/mol. The van der Waals surface area contributed by atoms with Crippen LogP contribution in [0.5, 0.6) is 0 Å². The summed E-state index contributed by atoms with van der Waals surface area (Å²) in [5, 5.41) is 13.8. The van der Waals surface area contributed by atoms with E-state index in [1.165, 1.54) is 38.6 Å². The number of hydrogen-bond acceptors (Lipinski definition) is 3. The predicted octanol–water partition coefficient (Wildman–Crippen LogP) is 2.78. The third-order valence-corrected chi connectivity index (χ3v) is 6.32. The summed E-state index contributed by atoms with van der Waals surface area (Å²) in [7, 11) is 0. The van der Waals surface area contributed by atoms with E-state index in [1.807, 2.05) is 0 Å². The van der Waals surface area contributed by atoms with Crippen molar-refractivity contribution in [3.05, 3.63) is 0 Å². The summed E-state index contributed by atoms with van der Waals surface area (Å²) >= 11 is 0. The summed E-state index contributed by atoms with van der Waals surface area (Å²) in [4.78, 5) is 2.77. The van der Waals surface area contributed by atoms with Gasteiger partial charge in [-0.05, 0) is 63.7 Å². The molecule has 0 spiro atoms. The molecule has 2 N–H and O–H groups in total. The molecular formula is C18H34N2O. The van der Waals surface area contributed by atoms with Crippen LogP contribution in [0.25, 0.3) is 0 Å². The first-order valence-corrected chi connectivity index (χ1v) is 9.17. The normalized spacial score (nSPS) is 45.7. The van der Waals surface area contributed by atoms with Gasteiger partial charge in [-0.3, -0.25) is 4.90 Å². The number of rotatable bonds is 4. The Kier molecular flexibility index (Phi) is 4.63. The van der Waals surface area contributed by atoms with Gasteiger partial charge in [0.1, 0.15) is 0 Å². The van der Waals surface area contributed by atoms with Gasteiger partial charge in [0.2, 0.25) is 0 Å². The fourth-order valence-electron chi connectivity index (χ4n) is 4.84. The lowest BCUT2D eigenvalue weighted by atomic mass is 9.76. The highest BCUT2D eigenvalue weighted by atomic mass is 16.3. The van der Waals surface area contributed by atoms with Crippen molar-refractivity contribution in [2.75, 3.05) is 13.2 Å². The lowest BCUT2D eigenvalue weighted by Crippen LogP contribution is -2.59. The van der Waals surface area contributed by atoms with E-state index in [2.05, 4.69) is 31.0 Å². The van der Waals surface area contributed by atoms with Gasteiger partial charge >= 0.3 is 0 Å². The number of piperidine rings is 1. The fraction of sp³-hybridized carbons (Fsp3) is 1.00. The van der Waals surface area contributed by atoms with Crippen LogP contribution in [0, 0.1) is 11.8 Å². The Labute approximate surface area is 130 Å². The van der Waals surface area contributed by atoms with Crippen LogP contribution in [0.2, 0.25) is 0 Å². The van der Waals surface area contributed by atoms with Crippen molar-refractivity contribution in [1.82, 2.24) is 10.2 Å². The molecule has 0 aromatic carbocycles. The van der Waals surface area contributed by atoms with E-state index in [0.717, 1.165) is 24.7 Å². The maximum Gasteiger partial charge on any atom is 0.0613 e. The summed E-state index contributed by atoms with van der Waals surface area (Å²) in [6, 6.07) is 2.05. The molecule has 0 aromatic rings. The maximum absolute atomic E-state index is 10.0. The molecule has 1 heterocycles. The van der Waals surface area contributed by atoms with Crippen molar-refractivity contribution in [2.45, 2.75) is 89.4 Å². The van der Waals surface area contributed by atoms with Crippen molar-refractivity contribution in [3.8, 4) is 0 Å². The quantitative estimate of drug-likeness (QED) is 0.837. The molecule has 1 saturated heterocycles. The lowest BCUT2D eigenvalue weighted by Gasteiger charge is -2.50. The SMILES string of the molecule is CC1CC(C)C(C)N(C2CCCC(CO)(NC3CC3)C2)C1.